The Hall–Kier alpha value is -3.61. The van der Waals surface area contributed by atoms with Gasteiger partial charge in [-0.3, -0.25) is 9.78 Å². The summed E-state index contributed by atoms with van der Waals surface area (Å²) in [4.78, 5) is 15.7. The van der Waals surface area contributed by atoms with Crippen molar-refractivity contribution in [1.29, 1.82) is 0 Å². The second-order valence-electron chi connectivity index (χ2n) is 6.12. The van der Waals surface area contributed by atoms with Crippen molar-refractivity contribution in [3.8, 4) is 22.6 Å². The molecule has 0 atom stereocenters. The van der Waals surface area contributed by atoms with E-state index >= 15 is 0 Å². The topological polar surface area (TPSA) is 85.1 Å². The maximum atomic E-state index is 11.7. The lowest BCUT2D eigenvalue weighted by molar-refractivity contribution is -0.116. The SMILES string of the molecule is CCCC(=O)Nc1ccc(-c2ccc3nnc(-c4ccncc4)n3n2)cc1. The Morgan fingerprint density at radius 2 is 1.74 bits per heavy atom. The third kappa shape index (κ3) is 3.52. The van der Waals surface area contributed by atoms with Gasteiger partial charge in [0.2, 0.25) is 5.91 Å². The summed E-state index contributed by atoms with van der Waals surface area (Å²) in [6, 6.07) is 15.2. The predicted molar refractivity (Wildman–Crippen MR) is 103 cm³/mol. The Labute approximate surface area is 156 Å². The van der Waals surface area contributed by atoms with Crippen LogP contribution in [0, 0.1) is 0 Å². The molecule has 0 fully saturated rings. The lowest BCUT2D eigenvalue weighted by atomic mass is 10.1. The van der Waals surface area contributed by atoms with Crippen molar-refractivity contribution in [2.24, 2.45) is 0 Å². The van der Waals surface area contributed by atoms with Gasteiger partial charge >= 0.3 is 0 Å². The van der Waals surface area contributed by atoms with Gasteiger partial charge in [-0.1, -0.05) is 19.1 Å². The van der Waals surface area contributed by atoms with Crippen molar-refractivity contribution in [1.82, 2.24) is 24.8 Å². The van der Waals surface area contributed by atoms with Crippen LogP contribution < -0.4 is 5.32 Å². The number of nitrogens with one attached hydrogen (secondary N) is 1. The first-order chi connectivity index (χ1) is 13.2. The van der Waals surface area contributed by atoms with E-state index in [4.69, 9.17) is 0 Å². The molecule has 4 aromatic rings. The number of benzene rings is 1. The zero-order chi connectivity index (χ0) is 18.6. The minimum Gasteiger partial charge on any atom is -0.326 e. The molecule has 0 radical (unpaired) electrons. The molecule has 0 saturated heterocycles. The molecule has 0 aliphatic heterocycles. The van der Waals surface area contributed by atoms with Crippen molar-refractivity contribution in [3.63, 3.8) is 0 Å². The number of hydrogen-bond donors (Lipinski definition) is 1. The normalized spacial score (nSPS) is 10.9. The Morgan fingerprint density at radius 3 is 2.48 bits per heavy atom. The Balaban J connectivity index is 1.65. The molecular formula is C20H18N6O. The number of carbonyl (C=O) groups excluding carboxylic acids is 1. The number of nitrogens with zero attached hydrogens (tertiary/aromatic N) is 5. The third-order valence-electron chi connectivity index (χ3n) is 4.14. The van der Waals surface area contributed by atoms with E-state index in [0.717, 1.165) is 28.9 Å². The Kier molecular flexibility index (Phi) is 4.57. The van der Waals surface area contributed by atoms with Crippen molar-refractivity contribution in [2.45, 2.75) is 19.8 Å². The van der Waals surface area contributed by atoms with Crippen LogP contribution in [0.2, 0.25) is 0 Å². The van der Waals surface area contributed by atoms with Crippen LogP contribution in [0.5, 0.6) is 0 Å². The fourth-order valence-corrected chi connectivity index (χ4v) is 2.80. The minimum atomic E-state index is 0.0243. The summed E-state index contributed by atoms with van der Waals surface area (Å²) in [5.74, 6) is 0.689. The van der Waals surface area contributed by atoms with Crippen LogP contribution >= 0.6 is 0 Å². The molecule has 3 heterocycles. The number of rotatable bonds is 5. The van der Waals surface area contributed by atoms with E-state index in [1.807, 2.05) is 55.5 Å². The summed E-state index contributed by atoms with van der Waals surface area (Å²) in [7, 11) is 0. The number of aromatic nitrogens is 5. The van der Waals surface area contributed by atoms with Gasteiger partial charge in [-0.25, -0.2) is 0 Å². The number of carbonyl (C=O) groups is 1. The van der Waals surface area contributed by atoms with Crippen LogP contribution in [0.25, 0.3) is 28.3 Å². The minimum absolute atomic E-state index is 0.0243. The molecule has 0 spiro atoms. The van der Waals surface area contributed by atoms with E-state index in [1.165, 1.54) is 0 Å². The molecule has 3 aromatic heterocycles. The van der Waals surface area contributed by atoms with Gasteiger partial charge in [0, 0.05) is 35.6 Å². The lowest BCUT2D eigenvalue weighted by Gasteiger charge is -2.06. The summed E-state index contributed by atoms with van der Waals surface area (Å²) >= 11 is 0. The maximum absolute atomic E-state index is 11.7. The first-order valence-electron chi connectivity index (χ1n) is 8.78. The highest BCUT2D eigenvalue weighted by Crippen LogP contribution is 2.22. The van der Waals surface area contributed by atoms with Gasteiger partial charge in [0.1, 0.15) is 0 Å². The highest BCUT2D eigenvalue weighted by molar-refractivity contribution is 5.90. The summed E-state index contributed by atoms with van der Waals surface area (Å²) in [6.07, 6.45) is 4.77. The van der Waals surface area contributed by atoms with Crippen molar-refractivity contribution in [2.75, 3.05) is 5.32 Å². The summed E-state index contributed by atoms with van der Waals surface area (Å²) in [6.45, 7) is 1.98. The molecule has 0 bridgehead atoms. The van der Waals surface area contributed by atoms with Crippen LogP contribution in [0.3, 0.4) is 0 Å². The first kappa shape index (κ1) is 16.8. The standard InChI is InChI=1S/C20H18N6O/c1-2-3-19(27)22-16-6-4-14(5-7-16)17-8-9-18-23-24-20(26(18)25-17)15-10-12-21-13-11-15/h4-13H,2-3H2,1H3,(H,22,27). The second kappa shape index (κ2) is 7.33. The number of fused-ring (bicyclic) bond motifs is 1. The van der Waals surface area contributed by atoms with Crippen LogP contribution in [0.1, 0.15) is 19.8 Å². The molecule has 0 aliphatic carbocycles. The first-order valence-corrected chi connectivity index (χ1v) is 8.78. The average Bonchev–Trinajstić information content (AvgIpc) is 3.12. The van der Waals surface area contributed by atoms with E-state index in [1.54, 1.807) is 16.9 Å². The van der Waals surface area contributed by atoms with E-state index in [-0.39, 0.29) is 5.91 Å². The van der Waals surface area contributed by atoms with Gasteiger partial charge < -0.3 is 5.32 Å². The zero-order valence-electron chi connectivity index (χ0n) is 14.8. The summed E-state index contributed by atoms with van der Waals surface area (Å²) in [5.41, 5.74) is 4.09. The van der Waals surface area contributed by atoms with Crippen LogP contribution in [-0.4, -0.2) is 30.7 Å². The molecule has 134 valence electrons. The van der Waals surface area contributed by atoms with Crippen LogP contribution in [-0.2, 0) is 4.79 Å². The molecule has 1 N–H and O–H groups in total. The van der Waals surface area contributed by atoms with E-state index in [9.17, 15) is 4.79 Å². The largest absolute Gasteiger partial charge is 0.326 e. The van der Waals surface area contributed by atoms with Crippen molar-refractivity contribution >= 4 is 17.2 Å². The quantitative estimate of drug-likeness (QED) is 0.589. The van der Waals surface area contributed by atoms with Gasteiger partial charge in [0.25, 0.3) is 0 Å². The highest BCUT2D eigenvalue weighted by Gasteiger charge is 2.11. The predicted octanol–water partition coefficient (Wildman–Crippen LogP) is 3.59. The molecule has 7 nitrogen and oxygen atoms in total. The van der Waals surface area contributed by atoms with Gasteiger partial charge in [-0.05, 0) is 42.8 Å². The zero-order valence-corrected chi connectivity index (χ0v) is 14.8. The van der Waals surface area contributed by atoms with Gasteiger partial charge in [0.05, 0.1) is 5.69 Å². The molecule has 7 heteroatoms. The van der Waals surface area contributed by atoms with E-state index < -0.39 is 0 Å². The van der Waals surface area contributed by atoms with Gasteiger partial charge in [0.15, 0.2) is 11.5 Å². The summed E-state index contributed by atoms with van der Waals surface area (Å²) < 4.78 is 1.72. The van der Waals surface area contributed by atoms with Crippen molar-refractivity contribution in [3.05, 3.63) is 60.9 Å². The van der Waals surface area contributed by atoms with Crippen LogP contribution in [0.4, 0.5) is 5.69 Å². The lowest BCUT2D eigenvalue weighted by Crippen LogP contribution is -2.10. The second-order valence-corrected chi connectivity index (χ2v) is 6.12. The summed E-state index contributed by atoms with van der Waals surface area (Å²) in [5, 5.41) is 16.0. The molecule has 0 saturated carbocycles. The van der Waals surface area contributed by atoms with E-state index in [0.29, 0.717) is 17.9 Å². The number of anilines is 1. The molecule has 1 aromatic carbocycles. The molecule has 4 rings (SSSR count). The molecule has 27 heavy (non-hydrogen) atoms. The maximum Gasteiger partial charge on any atom is 0.224 e. The van der Waals surface area contributed by atoms with Crippen LogP contribution in [0.15, 0.2) is 60.9 Å². The molecule has 1 amide bonds. The smallest absolute Gasteiger partial charge is 0.224 e. The van der Waals surface area contributed by atoms with Crippen molar-refractivity contribution < 1.29 is 4.79 Å². The molecule has 0 unspecified atom stereocenters. The third-order valence-corrected chi connectivity index (χ3v) is 4.14. The molecule has 0 aliphatic rings. The number of hydrogen-bond acceptors (Lipinski definition) is 5. The number of pyridine rings is 1. The van der Waals surface area contributed by atoms with Gasteiger partial charge in [-0.2, -0.15) is 9.61 Å². The Morgan fingerprint density at radius 1 is 0.963 bits per heavy atom. The fourth-order valence-electron chi connectivity index (χ4n) is 2.80. The number of amides is 1. The van der Waals surface area contributed by atoms with E-state index in [2.05, 4.69) is 25.6 Å². The van der Waals surface area contributed by atoms with Gasteiger partial charge in [-0.15, -0.1) is 10.2 Å². The Bertz CT molecular complexity index is 1070. The monoisotopic (exact) mass is 358 g/mol. The average molecular weight is 358 g/mol. The highest BCUT2D eigenvalue weighted by atomic mass is 16.1. The fraction of sp³-hybridized carbons (Fsp3) is 0.150. The molecular weight excluding hydrogens is 340 g/mol.